The molecule has 0 unspecified atom stereocenters. The highest BCUT2D eigenvalue weighted by molar-refractivity contribution is 5.70. The number of carbonyl (C=O) groups is 1. The molecule has 0 saturated heterocycles. The minimum atomic E-state index is -0.158. The molecule has 0 N–H and O–H groups in total. The summed E-state index contributed by atoms with van der Waals surface area (Å²) in [5, 5.41) is 0. The van der Waals surface area contributed by atoms with Gasteiger partial charge in [-0.15, -0.1) is 0 Å². The van der Waals surface area contributed by atoms with Crippen LogP contribution >= 0.6 is 0 Å². The van der Waals surface area contributed by atoms with E-state index in [1.165, 1.54) is 36.6 Å². The van der Waals surface area contributed by atoms with Crippen molar-refractivity contribution in [3.63, 3.8) is 0 Å². The van der Waals surface area contributed by atoms with Gasteiger partial charge in [0.05, 0.1) is 13.5 Å². The first kappa shape index (κ1) is 24.4. The highest BCUT2D eigenvalue weighted by Gasteiger charge is 2.36. The highest BCUT2D eigenvalue weighted by Crippen LogP contribution is 2.46. The van der Waals surface area contributed by atoms with E-state index in [1.807, 2.05) is 12.1 Å². The van der Waals surface area contributed by atoms with Crippen LogP contribution in [0, 0.1) is 5.92 Å². The molecule has 3 nitrogen and oxygen atoms in total. The molecule has 0 fully saturated rings. The van der Waals surface area contributed by atoms with Crippen LogP contribution in [0.1, 0.15) is 95.4 Å². The van der Waals surface area contributed by atoms with Crippen LogP contribution in [0.3, 0.4) is 0 Å². The van der Waals surface area contributed by atoms with Gasteiger partial charge in [0, 0.05) is 0 Å². The molecular formula is C29H40O3. The Kier molecular flexibility index (Phi) is 7.37. The van der Waals surface area contributed by atoms with Gasteiger partial charge in [-0.1, -0.05) is 71.9 Å². The number of ether oxygens (including phenoxy) is 2. The quantitative estimate of drug-likeness (QED) is 0.407. The molecule has 0 amide bonds. The Hall–Kier alpha value is -2.29. The second kappa shape index (κ2) is 9.68. The number of hydrogen-bond donors (Lipinski definition) is 0. The van der Waals surface area contributed by atoms with Gasteiger partial charge in [0.1, 0.15) is 12.4 Å². The fourth-order valence-electron chi connectivity index (χ4n) is 4.92. The number of methoxy groups -OCH3 is 1. The Balaban J connectivity index is 1.71. The van der Waals surface area contributed by atoms with Gasteiger partial charge in [-0.25, -0.2) is 0 Å². The summed E-state index contributed by atoms with van der Waals surface area (Å²) < 4.78 is 11.0. The molecule has 2 aromatic rings. The first-order chi connectivity index (χ1) is 15.0. The van der Waals surface area contributed by atoms with Crippen molar-refractivity contribution in [2.24, 2.45) is 5.92 Å². The van der Waals surface area contributed by atoms with Crippen molar-refractivity contribution < 1.29 is 14.3 Å². The van der Waals surface area contributed by atoms with Crippen LogP contribution in [-0.4, -0.2) is 13.1 Å². The van der Waals surface area contributed by atoms with Crippen LogP contribution in [0.2, 0.25) is 0 Å². The van der Waals surface area contributed by atoms with E-state index in [-0.39, 0.29) is 22.7 Å². The van der Waals surface area contributed by atoms with Crippen molar-refractivity contribution in [3.8, 4) is 5.75 Å². The summed E-state index contributed by atoms with van der Waals surface area (Å²) in [5.74, 6) is 1.38. The van der Waals surface area contributed by atoms with Crippen molar-refractivity contribution in [2.75, 3.05) is 7.11 Å². The van der Waals surface area contributed by atoms with E-state index in [1.54, 1.807) is 0 Å². The molecule has 0 bridgehead atoms. The van der Waals surface area contributed by atoms with Gasteiger partial charge in [-0.2, -0.15) is 0 Å². The van der Waals surface area contributed by atoms with Crippen molar-refractivity contribution in [1.82, 2.24) is 0 Å². The van der Waals surface area contributed by atoms with Crippen LogP contribution < -0.4 is 4.74 Å². The van der Waals surface area contributed by atoms with E-state index in [9.17, 15) is 4.79 Å². The standard InChI is InChI=1S/C29H40O3/c1-20(2)16-23(18-27(30)31-7)22-9-11-24(12-10-22)32-19-21-8-13-25-26(17-21)29(5,6)15-14-28(25,3)4/h8-13,17,20,23H,14-16,18-19H2,1-7H3/t23-/m1/s1. The fraction of sp³-hybridized carbons (Fsp3) is 0.552. The van der Waals surface area contributed by atoms with Crippen molar-refractivity contribution in [1.29, 1.82) is 0 Å². The molecule has 0 aliphatic heterocycles. The van der Waals surface area contributed by atoms with E-state index >= 15 is 0 Å². The molecule has 1 aliphatic carbocycles. The Bertz CT molecular complexity index is 922. The minimum Gasteiger partial charge on any atom is -0.489 e. The lowest BCUT2D eigenvalue weighted by molar-refractivity contribution is -0.141. The van der Waals surface area contributed by atoms with Crippen molar-refractivity contribution in [3.05, 3.63) is 64.7 Å². The zero-order valence-electron chi connectivity index (χ0n) is 21.0. The van der Waals surface area contributed by atoms with Crippen molar-refractivity contribution in [2.45, 2.75) is 90.6 Å². The number of carbonyl (C=O) groups excluding carboxylic acids is 1. The Morgan fingerprint density at radius 2 is 1.56 bits per heavy atom. The Labute approximate surface area is 194 Å². The van der Waals surface area contributed by atoms with Gasteiger partial charge in [0.15, 0.2) is 0 Å². The smallest absolute Gasteiger partial charge is 0.306 e. The minimum absolute atomic E-state index is 0.158. The second-order valence-corrected chi connectivity index (χ2v) is 11.1. The number of esters is 1. The molecule has 3 rings (SSSR count). The van der Waals surface area contributed by atoms with Crippen LogP contribution in [0.15, 0.2) is 42.5 Å². The lowest BCUT2D eigenvalue weighted by Crippen LogP contribution is -2.33. The molecule has 1 aliphatic rings. The zero-order valence-corrected chi connectivity index (χ0v) is 21.0. The molecule has 0 radical (unpaired) electrons. The predicted molar refractivity (Wildman–Crippen MR) is 131 cm³/mol. The molecule has 174 valence electrons. The zero-order chi connectivity index (χ0) is 23.5. The van der Waals surface area contributed by atoms with Gasteiger partial charge in [0.2, 0.25) is 0 Å². The molecule has 2 aromatic carbocycles. The lowest BCUT2D eigenvalue weighted by atomic mass is 9.63. The molecule has 1 atom stereocenters. The number of hydrogen-bond acceptors (Lipinski definition) is 3. The highest BCUT2D eigenvalue weighted by atomic mass is 16.5. The van der Waals surface area contributed by atoms with E-state index in [4.69, 9.17) is 9.47 Å². The molecule has 3 heteroatoms. The first-order valence-corrected chi connectivity index (χ1v) is 12.0. The molecule has 0 saturated carbocycles. The Morgan fingerprint density at radius 3 is 2.16 bits per heavy atom. The normalized spacial score (nSPS) is 17.5. The van der Waals surface area contributed by atoms with Gasteiger partial charge >= 0.3 is 5.97 Å². The average Bonchev–Trinajstić information content (AvgIpc) is 2.75. The maximum atomic E-state index is 11.8. The Morgan fingerprint density at radius 1 is 0.938 bits per heavy atom. The SMILES string of the molecule is COC(=O)C[C@@H](CC(C)C)c1ccc(OCc2ccc3c(c2)C(C)(C)CCC3(C)C)cc1. The summed E-state index contributed by atoms with van der Waals surface area (Å²) in [4.78, 5) is 11.8. The number of benzene rings is 2. The largest absolute Gasteiger partial charge is 0.489 e. The monoisotopic (exact) mass is 436 g/mol. The lowest BCUT2D eigenvalue weighted by Gasteiger charge is -2.42. The summed E-state index contributed by atoms with van der Waals surface area (Å²) >= 11 is 0. The van der Waals surface area contributed by atoms with Crippen LogP contribution in [-0.2, 0) is 27.0 Å². The topological polar surface area (TPSA) is 35.5 Å². The van der Waals surface area contributed by atoms with Crippen LogP contribution in [0.5, 0.6) is 5.75 Å². The van der Waals surface area contributed by atoms with Crippen LogP contribution in [0.25, 0.3) is 0 Å². The molecular weight excluding hydrogens is 396 g/mol. The number of fused-ring (bicyclic) bond motifs is 1. The van der Waals surface area contributed by atoms with Gasteiger partial charge < -0.3 is 9.47 Å². The molecule has 32 heavy (non-hydrogen) atoms. The summed E-state index contributed by atoms with van der Waals surface area (Å²) in [6, 6.07) is 15.1. The first-order valence-electron chi connectivity index (χ1n) is 12.0. The molecule has 0 heterocycles. The fourth-order valence-corrected chi connectivity index (χ4v) is 4.92. The maximum Gasteiger partial charge on any atom is 0.306 e. The van der Waals surface area contributed by atoms with E-state index < -0.39 is 0 Å². The third kappa shape index (κ3) is 5.74. The predicted octanol–water partition coefficient (Wildman–Crippen LogP) is 7.31. The third-order valence-electron chi connectivity index (χ3n) is 7.07. The second-order valence-electron chi connectivity index (χ2n) is 11.1. The van der Waals surface area contributed by atoms with Gasteiger partial charge in [0.25, 0.3) is 0 Å². The summed E-state index contributed by atoms with van der Waals surface area (Å²) in [5.41, 5.74) is 5.74. The summed E-state index contributed by atoms with van der Waals surface area (Å²) in [6.45, 7) is 14.3. The maximum absolute atomic E-state index is 11.8. The number of rotatable bonds is 8. The van der Waals surface area contributed by atoms with E-state index in [2.05, 4.69) is 71.9 Å². The third-order valence-corrected chi connectivity index (χ3v) is 7.07. The van der Waals surface area contributed by atoms with E-state index in [0.29, 0.717) is 18.9 Å². The molecule has 0 spiro atoms. The van der Waals surface area contributed by atoms with Gasteiger partial charge in [-0.3, -0.25) is 4.79 Å². The van der Waals surface area contributed by atoms with Gasteiger partial charge in [-0.05, 0) is 76.3 Å². The average molecular weight is 437 g/mol. The van der Waals surface area contributed by atoms with E-state index in [0.717, 1.165) is 17.7 Å². The van der Waals surface area contributed by atoms with Crippen molar-refractivity contribution >= 4 is 5.97 Å². The summed E-state index contributed by atoms with van der Waals surface area (Å²) in [7, 11) is 1.45. The summed E-state index contributed by atoms with van der Waals surface area (Å²) in [6.07, 6.45) is 3.80. The van der Waals surface area contributed by atoms with Crippen LogP contribution in [0.4, 0.5) is 0 Å². The molecule has 0 aromatic heterocycles.